The summed E-state index contributed by atoms with van der Waals surface area (Å²) in [6.45, 7) is 0.785. The summed E-state index contributed by atoms with van der Waals surface area (Å²) in [5.74, 6) is 0.645. The van der Waals surface area contributed by atoms with Crippen LogP contribution in [0.4, 0.5) is 0 Å². The Morgan fingerprint density at radius 2 is 2.15 bits per heavy atom. The Balaban J connectivity index is 2.32. The van der Waals surface area contributed by atoms with E-state index in [0.29, 0.717) is 5.92 Å². The second-order valence-corrected chi connectivity index (χ2v) is 3.54. The molecule has 0 aromatic heterocycles. The lowest BCUT2D eigenvalue weighted by Crippen LogP contribution is -2.09. The fourth-order valence-corrected chi connectivity index (χ4v) is 2.00. The normalized spacial score (nSPS) is 19.9. The zero-order valence-electron chi connectivity index (χ0n) is 7.74. The molecule has 0 saturated carbocycles. The molecule has 0 heterocycles. The van der Waals surface area contributed by atoms with E-state index in [9.17, 15) is 0 Å². The average molecular weight is 173 g/mol. The van der Waals surface area contributed by atoms with Crippen LogP contribution in [0.3, 0.4) is 0 Å². The van der Waals surface area contributed by atoms with Crippen LogP contribution in [0.5, 0.6) is 0 Å². The van der Waals surface area contributed by atoms with Gasteiger partial charge in [0.15, 0.2) is 0 Å². The maximum atomic E-state index is 5.59. The minimum absolute atomic E-state index is 0.645. The monoisotopic (exact) mass is 173 g/mol. The summed E-state index contributed by atoms with van der Waals surface area (Å²) in [4.78, 5) is 0. The van der Waals surface area contributed by atoms with Gasteiger partial charge in [0, 0.05) is 0 Å². The van der Waals surface area contributed by atoms with Gasteiger partial charge in [0.2, 0.25) is 0 Å². The zero-order chi connectivity index (χ0) is 9.10. The molecule has 1 aromatic carbocycles. The van der Waals surface area contributed by atoms with Gasteiger partial charge in [-0.1, -0.05) is 36.4 Å². The highest BCUT2D eigenvalue weighted by Gasteiger charge is 2.14. The zero-order valence-corrected chi connectivity index (χ0v) is 7.74. The Kier molecular flexibility index (Phi) is 2.46. The van der Waals surface area contributed by atoms with Crippen molar-refractivity contribution in [3.05, 3.63) is 41.5 Å². The van der Waals surface area contributed by atoms with Crippen molar-refractivity contribution in [3.63, 3.8) is 0 Å². The van der Waals surface area contributed by atoms with Crippen LogP contribution in [0, 0.1) is 0 Å². The van der Waals surface area contributed by atoms with Crippen LogP contribution < -0.4 is 5.73 Å². The van der Waals surface area contributed by atoms with E-state index in [4.69, 9.17) is 5.73 Å². The Morgan fingerprint density at radius 3 is 3.00 bits per heavy atom. The first kappa shape index (κ1) is 8.52. The van der Waals surface area contributed by atoms with Crippen LogP contribution in [0.1, 0.15) is 29.9 Å². The van der Waals surface area contributed by atoms with Crippen LogP contribution in [0.25, 0.3) is 6.08 Å². The molecule has 1 aliphatic carbocycles. The highest BCUT2D eigenvalue weighted by molar-refractivity contribution is 5.57. The van der Waals surface area contributed by atoms with E-state index in [2.05, 4.69) is 36.4 Å². The van der Waals surface area contributed by atoms with Crippen LogP contribution in [0.2, 0.25) is 0 Å². The molecule has 0 spiro atoms. The van der Waals surface area contributed by atoms with Crippen LogP contribution in [-0.2, 0) is 0 Å². The van der Waals surface area contributed by atoms with Crippen molar-refractivity contribution in [3.8, 4) is 0 Å². The highest BCUT2D eigenvalue weighted by Crippen LogP contribution is 2.31. The molecule has 1 heteroatoms. The highest BCUT2D eigenvalue weighted by atomic mass is 14.5. The van der Waals surface area contributed by atoms with Gasteiger partial charge in [0.05, 0.1) is 0 Å². The number of benzene rings is 1. The summed E-state index contributed by atoms with van der Waals surface area (Å²) in [5.41, 5.74) is 8.43. The van der Waals surface area contributed by atoms with Crippen LogP contribution in [0.15, 0.2) is 30.3 Å². The standard InChI is InChI=1S/C12H15N/c13-9-8-11-6-3-5-10-4-1-2-7-12(10)11/h1-5,7,11H,6,8-9,13H2. The first-order valence-electron chi connectivity index (χ1n) is 4.87. The number of allylic oxidation sites excluding steroid dienone is 1. The second-order valence-electron chi connectivity index (χ2n) is 3.54. The first-order valence-corrected chi connectivity index (χ1v) is 4.87. The molecule has 1 atom stereocenters. The summed E-state index contributed by atoms with van der Waals surface area (Å²) in [5, 5.41) is 0. The van der Waals surface area contributed by atoms with Crippen molar-refractivity contribution in [1.29, 1.82) is 0 Å². The van der Waals surface area contributed by atoms with Gasteiger partial charge < -0.3 is 5.73 Å². The maximum absolute atomic E-state index is 5.59. The van der Waals surface area contributed by atoms with Gasteiger partial charge in [0.1, 0.15) is 0 Å². The molecule has 1 unspecified atom stereocenters. The molecular weight excluding hydrogens is 158 g/mol. The molecular formula is C12H15N. The lowest BCUT2D eigenvalue weighted by molar-refractivity contribution is 0.637. The lowest BCUT2D eigenvalue weighted by atomic mass is 9.85. The van der Waals surface area contributed by atoms with E-state index in [1.165, 1.54) is 11.1 Å². The van der Waals surface area contributed by atoms with Crippen molar-refractivity contribution in [2.45, 2.75) is 18.8 Å². The van der Waals surface area contributed by atoms with E-state index >= 15 is 0 Å². The summed E-state index contributed by atoms with van der Waals surface area (Å²) < 4.78 is 0. The number of hydrogen-bond acceptors (Lipinski definition) is 1. The van der Waals surface area contributed by atoms with Crippen LogP contribution in [-0.4, -0.2) is 6.54 Å². The Hall–Kier alpha value is -1.08. The fourth-order valence-electron chi connectivity index (χ4n) is 2.00. The maximum Gasteiger partial charge on any atom is -0.00713 e. The number of hydrogen-bond donors (Lipinski definition) is 1. The minimum Gasteiger partial charge on any atom is -0.330 e. The van der Waals surface area contributed by atoms with E-state index < -0.39 is 0 Å². The van der Waals surface area contributed by atoms with Gasteiger partial charge in [0.25, 0.3) is 0 Å². The smallest absolute Gasteiger partial charge is 0.00713 e. The van der Waals surface area contributed by atoms with Gasteiger partial charge in [-0.15, -0.1) is 0 Å². The third-order valence-corrected chi connectivity index (χ3v) is 2.67. The number of rotatable bonds is 2. The molecule has 2 rings (SSSR count). The molecule has 0 aliphatic heterocycles. The molecule has 1 aromatic rings. The topological polar surface area (TPSA) is 26.0 Å². The molecule has 0 radical (unpaired) electrons. The largest absolute Gasteiger partial charge is 0.330 e. The molecule has 1 nitrogen and oxygen atoms in total. The quantitative estimate of drug-likeness (QED) is 0.730. The van der Waals surface area contributed by atoms with E-state index in [0.717, 1.165) is 19.4 Å². The van der Waals surface area contributed by atoms with Gasteiger partial charge >= 0.3 is 0 Å². The first-order chi connectivity index (χ1) is 6.42. The SMILES string of the molecule is NCCC1CC=Cc2ccccc21. The van der Waals surface area contributed by atoms with Crippen molar-refractivity contribution in [2.75, 3.05) is 6.54 Å². The Morgan fingerprint density at radius 1 is 1.31 bits per heavy atom. The average Bonchev–Trinajstić information content (AvgIpc) is 2.19. The van der Waals surface area contributed by atoms with E-state index in [1.54, 1.807) is 0 Å². The van der Waals surface area contributed by atoms with Crippen molar-refractivity contribution in [2.24, 2.45) is 5.73 Å². The second kappa shape index (κ2) is 3.75. The van der Waals surface area contributed by atoms with Crippen molar-refractivity contribution < 1.29 is 0 Å². The third kappa shape index (κ3) is 1.65. The summed E-state index contributed by atoms with van der Waals surface area (Å²) >= 11 is 0. The molecule has 0 bridgehead atoms. The molecule has 1 aliphatic rings. The summed E-state index contributed by atoms with van der Waals surface area (Å²) in [7, 11) is 0. The summed E-state index contributed by atoms with van der Waals surface area (Å²) in [6.07, 6.45) is 6.71. The number of fused-ring (bicyclic) bond motifs is 1. The van der Waals surface area contributed by atoms with E-state index in [-0.39, 0.29) is 0 Å². The number of nitrogens with two attached hydrogens (primary N) is 1. The molecule has 0 amide bonds. The summed E-state index contributed by atoms with van der Waals surface area (Å²) in [6, 6.07) is 8.60. The molecule has 0 saturated heterocycles. The van der Waals surface area contributed by atoms with Crippen LogP contribution >= 0.6 is 0 Å². The molecule has 68 valence electrons. The molecule has 2 N–H and O–H groups in total. The Bertz CT molecular complexity index is 315. The third-order valence-electron chi connectivity index (χ3n) is 2.67. The van der Waals surface area contributed by atoms with Gasteiger partial charge in [-0.05, 0) is 36.4 Å². The van der Waals surface area contributed by atoms with E-state index in [1.807, 2.05) is 0 Å². The minimum atomic E-state index is 0.645. The molecule has 13 heavy (non-hydrogen) atoms. The van der Waals surface area contributed by atoms with Crippen molar-refractivity contribution in [1.82, 2.24) is 0 Å². The predicted molar refractivity (Wildman–Crippen MR) is 56.5 cm³/mol. The lowest BCUT2D eigenvalue weighted by Gasteiger charge is -2.20. The van der Waals surface area contributed by atoms with Gasteiger partial charge in [-0.25, -0.2) is 0 Å². The molecule has 0 fully saturated rings. The Labute approximate surface area is 79.3 Å². The van der Waals surface area contributed by atoms with Gasteiger partial charge in [-0.3, -0.25) is 0 Å². The van der Waals surface area contributed by atoms with Gasteiger partial charge in [-0.2, -0.15) is 0 Å². The predicted octanol–water partition coefficient (Wildman–Crippen LogP) is 2.54. The fraction of sp³-hybridized carbons (Fsp3) is 0.333. The van der Waals surface area contributed by atoms with Crippen molar-refractivity contribution >= 4 is 6.08 Å².